The summed E-state index contributed by atoms with van der Waals surface area (Å²) in [5.41, 5.74) is 2.51. The number of nitrogens with zero attached hydrogens (tertiary/aromatic N) is 2. The van der Waals surface area contributed by atoms with Crippen molar-refractivity contribution in [3.63, 3.8) is 0 Å². The molecule has 21 heavy (non-hydrogen) atoms. The Kier molecular flexibility index (Phi) is 4.70. The van der Waals surface area contributed by atoms with E-state index in [1.807, 2.05) is 13.0 Å². The second-order valence-electron chi connectivity index (χ2n) is 5.15. The minimum absolute atomic E-state index is 0.0779. The molecule has 2 aromatic rings. The second kappa shape index (κ2) is 6.49. The molecule has 1 aromatic carbocycles. The van der Waals surface area contributed by atoms with Crippen LogP contribution in [0.4, 0.5) is 5.69 Å². The highest BCUT2D eigenvalue weighted by Gasteiger charge is 2.13. The number of hydrogen-bond donors (Lipinski definition) is 2. The maximum Gasteiger partial charge on any atom is 0.270 e. The van der Waals surface area contributed by atoms with Crippen molar-refractivity contribution in [2.45, 2.75) is 39.8 Å². The molecular formula is C15H20N4O2. The van der Waals surface area contributed by atoms with Crippen molar-refractivity contribution in [2.24, 2.45) is 0 Å². The van der Waals surface area contributed by atoms with Gasteiger partial charge >= 0.3 is 0 Å². The molecule has 0 amide bonds. The van der Waals surface area contributed by atoms with Crippen molar-refractivity contribution >= 4 is 5.69 Å². The minimum Gasteiger partial charge on any atom is -0.344 e. The zero-order chi connectivity index (χ0) is 15.4. The Morgan fingerprint density at radius 3 is 2.90 bits per heavy atom. The van der Waals surface area contributed by atoms with Gasteiger partial charge in [-0.3, -0.25) is 10.1 Å². The van der Waals surface area contributed by atoms with Crippen molar-refractivity contribution in [3.8, 4) is 11.3 Å². The summed E-state index contributed by atoms with van der Waals surface area (Å²) in [6.45, 7) is 6.83. The number of aryl methyl sites for hydroxylation is 1. The molecule has 0 bridgehead atoms. The van der Waals surface area contributed by atoms with E-state index in [1.54, 1.807) is 12.1 Å². The number of nitro benzene ring substituents is 1. The summed E-state index contributed by atoms with van der Waals surface area (Å²) >= 11 is 0. The van der Waals surface area contributed by atoms with Gasteiger partial charge in [0.1, 0.15) is 5.82 Å². The Morgan fingerprint density at radius 2 is 2.24 bits per heavy atom. The van der Waals surface area contributed by atoms with Crippen molar-refractivity contribution in [2.75, 3.05) is 0 Å². The maximum atomic E-state index is 10.9. The largest absolute Gasteiger partial charge is 0.344 e. The summed E-state index contributed by atoms with van der Waals surface area (Å²) in [5.74, 6) is 0.842. The fourth-order valence-corrected chi connectivity index (χ4v) is 2.07. The highest BCUT2D eigenvalue weighted by molar-refractivity contribution is 5.64. The molecule has 6 nitrogen and oxygen atoms in total. The Bertz CT molecular complexity index is 636. The topological polar surface area (TPSA) is 83.8 Å². The minimum atomic E-state index is -0.392. The van der Waals surface area contributed by atoms with E-state index >= 15 is 0 Å². The number of benzene rings is 1. The van der Waals surface area contributed by atoms with Crippen LogP contribution in [0.3, 0.4) is 0 Å². The number of nitrogens with one attached hydrogen (secondary N) is 2. The molecule has 112 valence electrons. The van der Waals surface area contributed by atoms with Crippen LogP contribution in [0.15, 0.2) is 24.3 Å². The van der Waals surface area contributed by atoms with Crippen LogP contribution in [0.2, 0.25) is 0 Å². The molecule has 0 aliphatic heterocycles. The molecule has 1 aromatic heterocycles. The molecule has 0 saturated carbocycles. The van der Waals surface area contributed by atoms with E-state index in [1.165, 1.54) is 6.07 Å². The first-order chi connectivity index (χ1) is 10.0. The lowest BCUT2D eigenvalue weighted by atomic mass is 10.1. The summed E-state index contributed by atoms with van der Waals surface area (Å²) in [7, 11) is 0. The quantitative estimate of drug-likeness (QED) is 0.631. The molecule has 0 aliphatic carbocycles. The number of imidazole rings is 1. The molecule has 2 N–H and O–H groups in total. The van der Waals surface area contributed by atoms with E-state index in [-0.39, 0.29) is 5.69 Å². The van der Waals surface area contributed by atoms with Crippen molar-refractivity contribution in [3.05, 3.63) is 45.9 Å². The fourth-order valence-electron chi connectivity index (χ4n) is 2.07. The molecule has 1 unspecified atom stereocenters. The van der Waals surface area contributed by atoms with Gasteiger partial charge in [-0.2, -0.15) is 0 Å². The van der Waals surface area contributed by atoms with Gasteiger partial charge in [0, 0.05) is 29.4 Å². The van der Waals surface area contributed by atoms with Gasteiger partial charge in [0.15, 0.2) is 0 Å². The molecule has 0 saturated heterocycles. The molecule has 2 rings (SSSR count). The molecular weight excluding hydrogens is 268 g/mol. The molecule has 1 heterocycles. The Morgan fingerprint density at radius 1 is 1.48 bits per heavy atom. The maximum absolute atomic E-state index is 10.9. The van der Waals surface area contributed by atoms with Gasteiger partial charge in [-0.15, -0.1) is 0 Å². The summed E-state index contributed by atoms with van der Waals surface area (Å²) in [5, 5.41) is 14.2. The zero-order valence-corrected chi connectivity index (χ0v) is 12.5. The highest BCUT2D eigenvalue weighted by Crippen LogP contribution is 2.25. The summed E-state index contributed by atoms with van der Waals surface area (Å²) < 4.78 is 0. The highest BCUT2D eigenvalue weighted by atomic mass is 16.6. The fraction of sp³-hybridized carbons (Fsp3) is 0.400. The van der Waals surface area contributed by atoms with Gasteiger partial charge in [-0.1, -0.05) is 19.1 Å². The van der Waals surface area contributed by atoms with Gasteiger partial charge < -0.3 is 10.3 Å². The normalized spacial score (nSPS) is 12.3. The van der Waals surface area contributed by atoms with Crippen LogP contribution in [0.5, 0.6) is 0 Å². The van der Waals surface area contributed by atoms with Crippen LogP contribution in [0.25, 0.3) is 11.3 Å². The summed E-state index contributed by atoms with van der Waals surface area (Å²) in [6.07, 6.45) is 1.05. The third-order valence-electron chi connectivity index (χ3n) is 3.49. The van der Waals surface area contributed by atoms with E-state index in [2.05, 4.69) is 29.1 Å². The van der Waals surface area contributed by atoms with Crippen LogP contribution in [0.1, 0.15) is 31.8 Å². The average molecular weight is 288 g/mol. The van der Waals surface area contributed by atoms with Crippen LogP contribution in [0, 0.1) is 17.0 Å². The average Bonchev–Trinajstić information content (AvgIpc) is 2.86. The van der Waals surface area contributed by atoms with Crippen molar-refractivity contribution in [1.29, 1.82) is 0 Å². The predicted octanol–water partition coefficient (Wildman–Crippen LogP) is 3.18. The van der Waals surface area contributed by atoms with Crippen LogP contribution in [-0.2, 0) is 6.54 Å². The lowest BCUT2D eigenvalue weighted by Crippen LogP contribution is -2.24. The predicted molar refractivity (Wildman–Crippen MR) is 82.0 cm³/mol. The molecule has 0 fully saturated rings. The number of hydrogen-bond acceptors (Lipinski definition) is 4. The monoisotopic (exact) mass is 288 g/mol. The third kappa shape index (κ3) is 3.66. The standard InChI is InChI=1S/C15H20N4O2/c1-4-10(2)16-9-14-17-11(3)15(18-14)12-6-5-7-13(8-12)19(20)21/h5-8,10,16H,4,9H2,1-3H3,(H,17,18). The van der Waals surface area contributed by atoms with Crippen LogP contribution >= 0.6 is 0 Å². The number of rotatable bonds is 6. The van der Waals surface area contributed by atoms with E-state index in [0.29, 0.717) is 12.6 Å². The van der Waals surface area contributed by atoms with Gasteiger partial charge in [-0.25, -0.2) is 4.98 Å². The van der Waals surface area contributed by atoms with Gasteiger partial charge in [-0.05, 0) is 20.3 Å². The Labute approximate surface area is 123 Å². The number of nitro groups is 1. The molecule has 6 heteroatoms. The zero-order valence-electron chi connectivity index (χ0n) is 12.5. The first kappa shape index (κ1) is 15.2. The third-order valence-corrected chi connectivity index (χ3v) is 3.49. The van der Waals surface area contributed by atoms with Gasteiger partial charge in [0.05, 0.1) is 17.2 Å². The first-order valence-corrected chi connectivity index (χ1v) is 7.05. The summed E-state index contributed by atoms with van der Waals surface area (Å²) in [6, 6.07) is 6.98. The summed E-state index contributed by atoms with van der Waals surface area (Å²) in [4.78, 5) is 18.2. The van der Waals surface area contributed by atoms with E-state index < -0.39 is 4.92 Å². The smallest absolute Gasteiger partial charge is 0.270 e. The molecule has 1 atom stereocenters. The SMILES string of the molecule is CCC(C)NCc1nc(-c2cccc([N+](=O)[O-])c2)c(C)[nH]1. The van der Waals surface area contributed by atoms with E-state index in [9.17, 15) is 10.1 Å². The Balaban J connectivity index is 2.22. The first-order valence-electron chi connectivity index (χ1n) is 7.05. The number of non-ortho nitro benzene ring substituents is 1. The van der Waals surface area contributed by atoms with Gasteiger partial charge in [0.2, 0.25) is 0 Å². The van der Waals surface area contributed by atoms with Crippen LogP contribution in [-0.4, -0.2) is 20.9 Å². The molecule has 0 aliphatic rings. The van der Waals surface area contributed by atoms with Crippen molar-refractivity contribution < 1.29 is 4.92 Å². The number of aromatic nitrogens is 2. The lowest BCUT2D eigenvalue weighted by molar-refractivity contribution is -0.384. The van der Waals surface area contributed by atoms with Crippen LogP contribution < -0.4 is 5.32 Å². The molecule has 0 spiro atoms. The number of H-pyrrole nitrogens is 1. The number of aromatic amines is 1. The van der Waals surface area contributed by atoms with Gasteiger partial charge in [0.25, 0.3) is 5.69 Å². The van der Waals surface area contributed by atoms with Crippen molar-refractivity contribution in [1.82, 2.24) is 15.3 Å². The Hall–Kier alpha value is -2.21. The van der Waals surface area contributed by atoms with E-state index in [4.69, 9.17) is 0 Å². The second-order valence-corrected chi connectivity index (χ2v) is 5.15. The molecule has 0 radical (unpaired) electrons. The van der Waals surface area contributed by atoms with E-state index in [0.717, 1.165) is 29.2 Å². The lowest BCUT2D eigenvalue weighted by Gasteiger charge is -2.08.